The number of nitrogens with zero attached hydrogens (tertiary/aromatic N) is 2. The Kier molecular flexibility index (Phi) is 3.30. The van der Waals surface area contributed by atoms with Crippen LogP contribution in [0.4, 0.5) is 5.82 Å². The van der Waals surface area contributed by atoms with Crippen molar-refractivity contribution in [3.8, 4) is 0 Å². The second-order valence-corrected chi connectivity index (χ2v) is 4.91. The van der Waals surface area contributed by atoms with Gasteiger partial charge in [0.2, 0.25) is 0 Å². The smallest absolute Gasteiger partial charge is 0.151 e. The van der Waals surface area contributed by atoms with E-state index in [2.05, 4.69) is 20.3 Å². The van der Waals surface area contributed by atoms with E-state index in [1.807, 2.05) is 0 Å². The number of nitrogen functional groups attached to an aromatic ring is 1. The van der Waals surface area contributed by atoms with Gasteiger partial charge in [0.05, 0.1) is 30.3 Å². The highest BCUT2D eigenvalue weighted by Gasteiger charge is 2.42. The first kappa shape index (κ1) is 13.3. The zero-order valence-corrected chi connectivity index (χ0v) is 10.9. The van der Waals surface area contributed by atoms with E-state index in [0.29, 0.717) is 23.5 Å². The van der Waals surface area contributed by atoms with Gasteiger partial charge in [0.1, 0.15) is 17.9 Å². The third-order valence-electron chi connectivity index (χ3n) is 3.70. The normalized spacial score (nSPS) is 30.1. The number of fused-ring (bicyclic) bond motifs is 1. The van der Waals surface area contributed by atoms with Gasteiger partial charge in [0.25, 0.3) is 0 Å². The minimum absolute atomic E-state index is 0.314. The molecule has 3 heterocycles. The predicted octanol–water partition coefficient (Wildman–Crippen LogP) is -1.08. The summed E-state index contributed by atoms with van der Waals surface area (Å²) in [4.78, 5) is 11.1. The average molecular weight is 279 g/mol. The van der Waals surface area contributed by atoms with Crippen LogP contribution in [0.15, 0.2) is 12.5 Å². The third-order valence-corrected chi connectivity index (χ3v) is 3.70. The molecule has 4 atom stereocenters. The highest BCUT2D eigenvalue weighted by atomic mass is 16.5. The van der Waals surface area contributed by atoms with Crippen LogP contribution in [0.5, 0.6) is 0 Å². The molecule has 1 aliphatic heterocycles. The molecular weight excluding hydrogens is 262 g/mol. The second kappa shape index (κ2) is 4.98. The lowest BCUT2D eigenvalue weighted by Crippen LogP contribution is -2.36. The fourth-order valence-electron chi connectivity index (χ4n) is 2.68. The highest BCUT2D eigenvalue weighted by molar-refractivity contribution is 5.87. The van der Waals surface area contributed by atoms with Gasteiger partial charge < -0.3 is 31.0 Å². The van der Waals surface area contributed by atoms with Gasteiger partial charge in [-0.1, -0.05) is 0 Å². The Hall–Kier alpha value is -1.74. The van der Waals surface area contributed by atoms with E-state index in [1.165, 1.54) is 6.33 Å². The Morgan fingerprint density at radius 1 is 1.35 bits per heavy atom. The summed E-state index contributed by atoms with van der Waals surface area (Å²) < 4.78 is 5.03. The maximum atomic E-state index is 10.2. The number of hydrogen-bond donors (Lipinski definition) is 5. The van der Waals surface area contributed by atoms with Gasteiger partial charge in [0.15, 0.2) is 5.82 Å². The number of nitrogens with two attached hydrogens (primary N) is 1. The van der Waals surface area contributed by atoms with Crippen molar-refractivity contribution in [2.45, 2.75) is 24.3 Å². The van der Waals surface area contributed by atoms with Crippen LogP contribution in [0, 0.1) is 0 Å². The summed E-state index contributed by atoms with van der Waals surface area (Å²) in [6.07, 6.45) is 1.26. The number of nitrogens with one attached hydrogen (secondary N) is 2. The summed E-state index contributed by atoms with van der Waals surface area (Å²) in [6.45, 7) is 0.314. The molecule has 8 nitrogen and oxygen atoms in total. The van der Waals surface area contributed by atoms with E-state index >= 15 is 0 Å². The summed E-state index contributed by atoms with van der Waals surface area (Å²) in [5, 5.41) is 23.4. The van der Waals surface area contributed by atoms with Gasteiger partial charge >= 0.3 is 0 Å². The summed E-state index contributed by atoms with van der Waals surface area (Å²) in [5.41, 5.74) is 7.78. The first-order valence-corrected chi connectivity index (χ1v) is 6.32. The van der Waals surface area contributed by atoms with Crippen LogP contribution >= 0.6 is 0 Å². The summed E-state index contributed by atoms with van der Waals surface area (Å²) >= 11 is 0. The molecule has 108 valence electrons. The molecule has 0 aliphatic carbocycles. The van der Waals surface area contributed by atoms with Gasteiger partial charge in [0, 0.05) is 18.9 Å². The molecule has 2 aromatic rings. The Bertz CT molecular complexity index is 616. The van der Waals surface area contributed by atoms with E-state index in [9.17, 15) is 10.2 Å². The predicted molar refractivity (Wildman–Crippen MR) is 71.9 cm³/mol. The number of aromatic nitrogens is 3. The van der Waals surface area contributed by atoms with Crippen LogP contribution in [0.1, 0.15) is 11.6 Å². The third kappa shape index (κ3) is 1.93. The molecule has 20 heavy (non-hydrogen) atoms. The fraction of sp³-hybridized carbons (Fsp3) is 0.500. The molecule has 3 rings (SSSR count). The van der Waals surface area contributed by atoms with E-state index < -0.39 is 18.2 Å². The molecule has 0 aromatic carbocycles. The van der Waals surface area contributed by atoms with Crippen LogP contribution in [-0.2, 0) is 4.74 Å². The number of H-pyrrole nitrogens is 1. The number of aliphatic hydroxyl groups is 2. The number of aromatic amines is 1. The summed E-state index contributed by atoms with van der Waals surface area (Å²) in [7, 11) is 1.55. The van der Waals surface area contributed by atoms with Gasteiger partial charge in [-0.25, -0.2) is 9.97 Å². The van der Waals surface area contributed by atoms with Crippen LogP contribution in [0.3, 0.4) is 0 Å². The Morgan fingerprint density at radius 3 is 2.90 bits per heavy atom. The van der Waals surface area contributed by atoms with Crippen LogP contribution in [-0.4, -0.2) is 57.1 Å². The second-order valence-electron chi connectivity index (χ2n) is 4.91. The van der Waals surface area contributed by atoms with Crippen LogP contribution in [0.25, 0.3) is 11.0 Å². The van der Waals surface area contributed by atoms with E-state index in [4.69, 9.17) is 10.5 Å². The largest absolute Gasteiger partial charge is 0.389 e. The molecule has 0 unspecified atom stereocenters. The number of hydrogen-bond acceptors (Lipinski definition) is 7. The maximum Gasteiger partial charge on any atom is 0.151 e. The van der Waals surface area contributed by atoms with Crippen molar-refractivity contribution >= 4 is 16.9 Å². The molecule has 1 saturated heterocycles. The van der Waals surface area contributed by atoms with Crippen molar-refractivity contribution in [1.82, 2.24) is 20.3 Å². The Morgan fingerprint density at radius 2 is 2.15 bits per heavy atom. The van der Waals surface area contributed by atoms with Crippen LogP contribution in [0.2, 0.25) is 0 Å². The number of ether oxygens (including phenoxy) is 1. The molecule has 6 N–H and O–H groups in total. The molecule has 0 amide bonds. The number of rotatable bonds is 3. The summed E-state index contributed by atoms with van der Waals surface area (Å²) in [5.74, 6) is 0.350. The molecule has 0 saturated carbocycles. The Labute approximate surface area is 115 Å². The van der Waals surface area contributed by atoms with Gasteiger partial charge in [-0.05, 0) is 0 Å². The first-order valence-electron chi connectivity index (χ1n) is 6.32. The van der Waals surface area contributed by atoms with Crippen molar-refractivity contribution in [2.24, 2.45) is 0 Å². The number of methoxy groups -OCH3 is 1. The van der Waals surface area contributed by atoms with Gasteiger partial charge in [-0.3, -0.25) is 0 Å². The van der Waals surface area contributed by atoms with Gasteiger partial charge in [-0.2, -0.15) is 0 Å². The molecule has 8 heteroatoms. The molecule has 0 spiro atoms. The van der Waals surface area contributed by atoms with Crippen molar-refractivity contribution < 1.29 is 14.9 Å². The zero-order chi connectivity index (χ0) is 14.3. The minimum atomic E-state index is -0.940. The number of anilines is 1. The Balaban J connectivity index is 1.97. The van der Waals surface area contributed by atoms with E-state index in [-0.39, 0.29) is 6.04 Å². The SMILES string of the molecule is COC[C@H]1N[C@@H](c2c[nH]c3c(N)ncnc23)[C@H](O)[C@@H]1O. The number of aliphatic hydroxyl groups excluding tert-OH is 2. The lowest BCUT2D eigenvalue weighted by atomic mass is 10.0. The zero-order valence-electron chi connectivity index (χ0n) is 10.9. The summed E-state index contributed by atoms with van der Waals surface area (Å²) in [6, 6.07) is -0.766. The van der Waals surface area contributed by atoms with E-state index in [0.717, 1.165) is 5.56 Å². The van der Waals surface area contributed by atoms with E-state index in [1.54, 1.807) is 13.3 Å². The lowest BCUT2D eigenvalue weighted by Gasteiger charge is -2.14. The monoisotopic (exact) mass is 279 g/mol. The lowest BCUT2D eigenvalue weighted by molar-refractivity contribution is 0.0149. The maximum absolute atomic E-state index is 10.2. The molecule has 2 aromatic heterocycles. The molecular formula is C12H17N5O3. The minimum Gasteiger partial charge on any atom is -0.389 e. The molecule has 1 fully saturated rings. The molecule has 0 radical (unpaired) electrons. The van der Waals surface area contributed by atoms with Crippen LogP contribution < -0.4 is 11.1 Å². The van der Waals surface area contributed by atoms with Crippen molar-refractivity contribution in [3.63, 3.8) is 0 Å². The fourth-order valence-corrected chi connectivity index (χ4v) is 2.68. The average Bonchev–Trinajstić information content (AvgIpc) is 2.97. The quantitative estimate of drug-likeness (QED) is 0.483. The van der Waals surface area contributed by atoms with Crippen molar-refractivity contribution in [2.75, 3.05) is 19.5 Å². The van der Waals surface area contributed by atoms with Gasteiger partial charge in [-0.15, -0.1) is 0 Å². The van der Waals surface area contributed by atoms with Crippen molar-refractivity contribution in [1.29, 1.82) is 0 Å². The highest BCUT2D eigenvalue weighted by Crippen LogP contribution is 2.32. The topological polar surface area (TPSA) is 129 Å². The molecule has 1 aliphatic rings. The first-order chi connectivity index (χ1) is 9.63. The standard InChI is InChI=1S/C12H17N5O3/c1-20-3-6-10(18)11(19)8(17-6)5-2-14-9-7(5)15-4-16-12(9)13/h2,4,6,8,10-11,14,17-19H,3H2,1H3,(H2,13,15,16)/t6-,8+,10-,11+/m1/s1. The molecule has 0 bridgehead atoms. The van der Waals surface area contributed by atoms with Crippen molar-refractivity contribution in [3.05, 3.63) is 18.1 Å².